The zero-order valence-corrected chi connectivity index (χ0v) is 23.5. The molecule has 39 heavy (non-hydrogen) atoms. The Kier molecular flexibility index (Phi) is 10.1. The molecule has 13 heteroatoms. The topological polar surface area (TPSA) is 152 Å². The molecule has 0 aliphatic carbocycles. The van der Waals surface area contributed by atoms with Gasteiger partial charge in [-0.1, -0.05) is 12.1 Å². The van der Waals surface area contributed by atoms with Gasteiger partial charge in [0.1, 0.15) is 5.82 Å². The van der Waals surface area contributed by atoms with Gasteiger partial charge in [-0.05, 0) is 44.0 Å². The molecule has 4 rings (SSSR count). The van der Waals surface area contributed by atoms with E-state index in [9.17, 15) is 14.4 Å². The number of amides is 3. The Morgan fingerprint density at radius 1 is 1.08 bits per heavy atom. The summed E-state index contributed by atoms with van der Waals surface area (Å²) in [7, 11) is 1.69. The SMILES string of the molecule is CO[C@@H]1CN(Cc2ccc(-n3ccc(NC(=O)N4CCN(C(=O)C(C)(C)N)CC4)nc3=O)cc2)CC[C@H]1N.Cl. The van der Waals surface area contributed by atoms with E-state index in [1.807, 2.05) is 24.3 Å². The van der Waals surface area contributed by atoms with Gasteiger partial charge in [0.2, 0.25) is 5.91 Å². The molecule has 2 saturated heterocycles. The van der Waals surface area contributed by atoms with E-state index < -0.39 is 11.2 Å². The lowest BCUT2D eigenvalue weighted by Crippen LogP contribution is -2.58. The Bertz CT molecular complexity index is 1190. The van der Waals surface area contributed by atoms with Crippen molar-refractivity contribution >= 4 is 30.2 Å². The van der Waals surface area contributed by atoms with Crippen LogP contribution in [0.4, 0.5) is 10.6 Å². The number of nitrogens with two attached hydrogens (primary N) is 2. The number of piperidine rings is 1. The molecule has 3 amide bonds. The second-order valence-electron chi connectivity index (χ2n) is 10.5. The summed E-state index contributed by atoms with van der Waals surface area (Å²) in [5, 5.41) is 2.68. The highest BCUT2D eigenvalue weighted by atomic mass is 35.5. The van der Waals surface area contributed by atoms with E-state index in [-0.39, 0.29) is 42.3 Å². The molecule has 1 aromatic carbocycles. The minimum absolute atomic E-state index is 0. The zero-order chi connectivity index (χ0) is 27.4. The third-order valence-electron chi connectivity index (χ3n) is 7.06. The number of aromatic nitrogens is 2. The molecular weight excluding hydrogens is 524 g/mol. The molecule has 2 aliphatic rings. The molecule has 214 valence electrons. The predicted octanol–water partition coefficient (Wildman–Crippen LogP) is 0.616. The lowest BCUT2D eigenvalue weighted by Gasteiger charge is -2.37. The number of hydrogen-bond acceptors (Lipinski definition) is 8. The largest absolute Gasteiger partial charge is 0.379 e. The summed E-state index contributed by atoms with van der Waals surface area (Å²) in [5.41, 5.74) is 12.4. The fourth-order valence-electron chi connectivity index (χ4n) is 4.79. The van der Waals surface area contributed by atoms with Crippen molar-refractivity contribution in [3.05, 3.63) is 52.6 Å². The van der Waals surface area contributed by atoms with E-state index in [0.717, 1.165) is 31.6 Å². The van der Waals surface area contributed by atoms with E-state index in [1.165, 1.54) is 4.57 Å². The van der Waals surface area contributed by atoms with Crippen molar-refractivity contribution in [2.24, 2.45) is 11.5 Å². The number of methoxy groups -OCH3 is 1. The van der Waals surface area contributed by atoms with Gasteiger partial charge in [-0.3, -0.25) is 19.6 Å². The maximum absolute atomic E-state index is 12.7. The van der Waals surface area contributed by atoms with Gasteiger partial charge < -0.3 is 26.0 Å². The number of carbonyl (C=O) groups is 2. The third kappa shape index (κ3) is 7.55. The molecular formula is C26H39ClN8O4. The van der Waals surface area contributed by atoms with Crippen LogP contribution < -0.4 is 22.5 Å². The minimum atomic E-state index is -0.950. The summed E-state index contributed by atoms with van der Waals surface area (Å²) in [6.45, 7) is 7.35. The van der Waals surface area contributed by atoms with Crippen LogP contribution in [-0.2, 0) is 16.1 Å². The van der Waals surface area contributed by atoms with Crippen LogP contribution in [0.2, 0.25) is 0 Å². The first kappa shape index (κ1) is 30.5. The van der Waals surface area contributed by atoms with Gasteiger partial charge >= 0.3 is 11.7 Å². The molecule has 12 nitrogen and oxygen atoms in total. The maximum Gasteiger partial charge on any atom is 0.354 e. The summed E-state index contributed by atoms with van der Waals surface area (Å²) in [6.07, 6.45) is 2.52. The highest BCUT2D eigenvalue weighted by Crippen LogP contribution is 2.17. The molecule has 0 unspecified atom stereocenters. The Hall–Kier alpha value is -3.03. The van der Waals surface area contributed by atoms with Crippen LogP contribution in [0.1, 0.15) is 25.8 Å². The smallest absolute Gasteiger partial charge is 0.354 e. The molecule has 0 bridgehead atoms. The summed E-state index contributed by atoms with van der Waals surface area (Å²) < 4.78 is 6.92. The monoisotopic (exact) mass is 562 g/mol. The van der Waals surface area contributed by atoms with Crippen LogP contribution in [0.3, 0.4) is 0 Å². The molecule has 3 heterocycles. The van der Waals surface area contributed by atoms with Gasteiger partial charge in [-0.2, -0.15) is 4.98 Å². The number of carbonyl (C=O) groups excluding carboxylic acids is 2. The molecule has 2 aliphatic heterocycles. The average Bonchev–Trinajstić information content (AvgIpc) is 2.89. The number of rotatable bonds is 6. The van der Waals surface area contributed by atoms with Crippen LogP contribution in [0.5, 0.6) is 0 Å². The van der Waals surface area contributed by atoms with E-state index in [4.69, 9.17) is 16.2 Å². The van der Waals surface area contributed by atoms with Crippen molar-refractivity contribution in [3.8, 4) is 5.69 Å². The fourth-order valence-corrected chi connectivity index (χ4v) is 4.79. The van der Waals surface area contributed by atoms with Crippen LogP contribution in [0.25, 0.3) is 5.69 Å². The second kappa shape index (κ2) is 12.9. The summed E-state index contributed by atoms with van der Waals surface area (Å²) in [6, 6.07) is 9.02. The number of urea groups is 1. The summed E-state index contributed by atoms with van der Waals surface area (Å²) >= 11 is 0. The lowest BCUT2D eigenvalue weighted by atomic mass is 10.0. The van der Waals surface area contributed by atoms with Crippen LogP contribution in [0, 0.1) is 0 Å². The van der Waals surface area contributed by atoms with Crippen molar-refractivity contribution in [2.45, 2.75) is 44.5 Å². The number of piperazine rings is 1. The average molecular weight is 563 g/mol. The van der Waals surface area contributed by atoms with E-state index >= 15 is 0 Å². The van der Waals surface area contributed by atoms with Crippen LogP contribution >= 0.6 is 12.4 Å². The molecule has 5 N–H and O–H groups in total. The zero-order valence-electron chi connectivity index (χ0n) is 22.7. The molecule has 2 atom stereocenters. The van der Waals surface area contributed by atoms with Crippen molar-refractivity contribution in [1.82, 2.24) is 24.3 Å². The summed E-state index contributed by atoms with van der Waals surface area (Å²) in [4.78, 5) is 47.3. The second-order valence-corrected chi connectivity index (χ2v) is 10.5. The first-order valence-corrected chi connectivity index (χ1v) is 12.9. The van der Waals surface area contributed by atoms with Gasteiger partial charge in [-0.25, -0.2) is 9.59 Å². The molecule has 0 spiro atoms. The first-order valence-electron chi connectivity index (χ1n) is 12.9. The van der Waals surface area contributed by atoms with Crippen molar-refractivity contribution < 1.29 is 14.3 Å². The standard InChI is InChI=1S/C26H38N8O4.ClH/c1-26(2,28)23(35)32-12-14-33(15-13-32)24(36)29-22-9-11-34(25(37)30-22)19-6-4-18(5-7-19)16-31-10-8-20(27)21(17-31)38-3;/h4-7,9,11,20-21H,8,10,12-17,27-28H2,1-3H3,(H,29,30,36,37);1H/t20-,21-;/m1./s1. The number of nitrogens with zero attached hydrogens (tertiary/aromatic N) is 5. The number of nitrogens with one attached hydrogen (secondary N) is 1. The normalized spacial score (nSPS) is 20.3. The quantitative estimate of drug-likeness (QED) is 0.463. The maximum atomic E-state index is 12.7. The number of anilines is 1. The Morgan fingerprint density at radius 2 is 1.72 bits per heavy atom. The first-order chi connectivity index (χ1) is 18.0. The summed E-state index contributed by atoms with van der Waals surface area (Å²) in [5.74, 6) is 0.0253. The predicted molar refractivity (Wildman–Crippen MR) is 151 cm³/mol. The van der Waals surface area contributed by atoms with E-state index in [1.54, 1.807) is 43.0 Å². The molecule has 2 fully saturated rings. The van der Waals surface area contributed by atoms with E-state index in [0.29, 0.717) is 31.9 Å². The van der Waals surface area contributed by atoms with Crippen molar-refractivity contribution in [2.75, 3.05) is 51.7 Å². The molecule has 1 aromatic heterocycles. The minimum Gasteiger partial charge on any atom is -0.379 e. The Morgan fingerprint density at radius 3 is 2.31 bits per heavy atom. The lowest BCUT2D eigenvalue weighted by molar-refractivity contribution is -0.137. The van der Waals surface area contributed by atoms with Gasteiger partial charge in [0.25, 0.3) is 0 Å². The van der Waals surface area contributed by atoms with Gasteiger partial charge in [-0.15, -0.1) is 12.4 Å². The number of hydrogen-bond donors (Lipinski definition) is 3. The molecule has 0 radical (unpaired) electrons. The van der Waals surface area contributed by atoms with Gasteiger partial charge in [0.15, 0.2) is 0 Å². The third-order valence-corrected chi connectivity index (χ3v) is 7.06. The van der Waals surface area contributed by atoms with E-state index in [2.05, 4.69) is 15.2 Å². The Labute approximate surface area is 234 Å². The Balaban J connectivity index is 0.00000420. The fraction of sp³-hybridized carbons (Fsp3) is 0.538. The number of halogens is 1. The van der Waals surface area contributed by atoms with Gasteiger partial charge in [0.05, 0.1) is 17.3 Å². The number of ether oxygens (including phenoxy) is 1. The number of likely N-dealkylation sites (tertiary alicyclic amines) is 1. The van der Waals surface area contributed by atoms with Crippen LogP contribution in [0.15, 0.2) is 41.3 Å². The highest BCUT2D eigenvalue weighted by molar-refractivity contribution is 5.89. The number of benzene rings is 1. The van der Waals surface area contributed by atoms with Crippen LogP contribution in [-0.4, -0.2) is 100 Å². The molecule has 0 saturated carbocycles. The van der Waals surface area contributed by atoms with Crippen molar-refractivity contribution in [1.29, 1.82) is 0 Å². The van der Waals surface area contributed by atoms with Gasteiger partial charge in [0, 0.05) is 65.2 Å². The highest BCUT2D eigenvalue weighted by Gasteiger charge is 2.31. The van der Waals surface area contributed by atoms with Crippen molar-refractivity contribution in [3.63, 3.8) is 0 Å². The molecule has 2 aromatic rings.